The van der Waals surface area contributed by atoms with Gasteiger partial charge in [-0.1, -0.05) is 18.2 Å². The minimum absolute atomic E-state index is 0.0147. The van der Waals surface area contributed by atoms with Gasteiger partial charge in [0.25, 0.3) is 5.91 Å². The minimum Gasteiger partial charge on any atom is -0.494 e. The lowest BCUT2D eigenvalue weighted by molar-refractivity contribution is -0.133. The van der Waals surface area contributed by atoms with Crippen LogP contribution in [-0.2, 0) is 25.9 Å². The van der Waals surface area contributed by atoms with Crippen LogP contribution in [0.2, 0.25) is 0 Å². The number of rotatable bonds is 8. The second kappa shape index (κ2) is 9.36. The van der Waals surface area contributed by atoms with E-state index in [1.807, 2.05) is 31.2 Å². The summed E-state index contributed by atoms with van der Waals surface area (Å²) in [6.45, 7) is 2.40. The molecule has 0 saturated carbocycles. The molecule has 0 heterocycles. The fourth-order valence-corrected chi connectivity index (χ4v) is 3.06. The van der Waals surface area contributed by atoms with E-state index in [0.717, 1.165) is 17.6 Å². The molecule has 0 bridgehead atoms. The van der Waals surface area contributed by atoms with Gasteiger partial charge in [-0.3, -0.25) is 4.79 Å². The van der Waals surface area contributed by atoms with Crippen LogP contribution >= 0.6 is 0 Å². The molecule has 8 heteroatoms. The maximum absolute atomic E-state index is 12.2. The molecule has 150 valence electrons. The number of carbonyl (C=O) groups is 2. The summed E-state index contributed by atoms with van der Waals surface area (Å²) in [4.78, 5) is 25.8. The Morgan fingerprint density at radius 1 is 1.07 bits per heavy atom. The van der Waals surface area contributed by atoms with Crippen LogP contribution in [0.1, 0.15) is 22.8 Å². The number of esters is 1. The number of ether oxygens (including phenoxy) is 2. The Balaban J connectivity index is 1.91. The Kier molecular flexibility index (Phi) is 7.17. The minimum atomic E-state index is -3.44. The first-order valence-electron chi connectivity index (χ1n) is 8.63. The molecule has 0 unspecified atom stereocenters. The maximum atomic E-state index is 12.2. The summed E-state index contributed by atoms with van der Waals surface area (Å²) < 4.78 is 33.5. The van der Waals surface area contributed by atoms with Crippen molar-refractivity contribution < 1.29 is 27.5 Å². The predicted octanol–water partition coefficient (Wildman–Crippen LogP) is 2.30. The third-order valence-electron chi connectivity index (χ3n) is 3.90. The van der Waals surface area contributed by atoms with E-state index in [2.05, 4.69) is 0 Å². The number of nitrogens with zero attached hydrogens (tertiary/aromatic N) is 1. The lowest BCUT2D eigenvalue weighted by atomic mass is 10.2. The molecule has 0 aliphatic rings. The Hall–Kier alpha value is -2.87. The summed E-state index contributed by atoms with van der Waals surface area (Å²) in [7, 11) is -1.83. The zero-order valence-corrected chi connectivity index (χ0v) is 16.9. The number of hydrogen-bond donors (Lipinski definition) is 0. The molecule has 0 spiro atoms. The van der Waals surface area contributed by atoms with E-state index in [1.54, 1.807) is 7.05 Å². The highest BCUT2D eigenvalue weighted by molar-refractivity contribution is 7.90. The van der Waals surface area contributed by atoms with Gasteiger partial charge in [0, 0.05) is 19.8 Å². The quantitative estimate of drug-likeness (QED) is 0.626. The number of benzene rings is 2. The van der Waals surface area contributed by atoms with Crippen LogP contribution in [0.4, 0.5) is 0 Å². The Labute approximate surface area is 164 Å². The molecule has 0 aliphatic carbocycles. The highest BCUT2D eigenvalue weighted by Gasteiger charge is 2.16. The molecule has 28 heavy (non-hydrogen) atoms. The van der Waals surface area contributed by atoms with Crippen LogP contribution in [-0.4, -0.2) is 51.7 Å². The molecule has 0 saturated heterocycles. The van der Waals surface area contributed by atoms with Crippen molar-refractivity contribution in [2.45, 2.75) is 18.4 Å². The third kappa shape index (κ3) is 6.09. The second-order valence-electron chi connectivity index (χ2n) is 6.20. The number of sulfone groups is 1. The lowest BCUT2D eigenvalue weighted by Gasteiger charge is -2.17. The first-order valence-corrected chi connectivity index (χ1v) is 10.5. The molecule has 0 N–H and O–H groups in total. The van der Waals surface area contributed by atoms with Crippen LogP contribution in [0.25, 0.3) is 0 Å². The van der Waals surface area contributed by atoms with Gasteiger partial charge in [0.05, 0.1) is 17.1 Å². The molecule has 1 amide bonds. The van der Waals surface area contributed by atoms with Gasteiger partial charge < -0.3 is 14.4 Å². The summed E-state index contributed by atoms with van der Waals surface area (Å²) in [5, 5.41) is 0. The van der Waals surface area contributed by atoms with Crippen molar-refractivity contribution in [3.8, 4) is 5.75 Å². The second-order valence-corrected chi connectivity index (χ2v) is 8.22. The molecule has 0 aliphatic heterocycles. The van der Waals surface area contributed by atoms with Crippen LogP contribution in [0, 0.1) is 0 Å². The van der Waals surface area contributed by atoms with E-state index in [1.165, 1.54) is 29.2 Å². The Morgan fingerprint density at radius 3 is 2.36 bits per heavy atom. The number of amides is 1. The average Bonchev–Trinajstić information content (AvgIpc) is 2.67. The smallest absolute Gasteiger partial charge is 0.338 e. The topological polar surface area (TPSA) is 90.0 Å². The molecule has 0 aromatic heterocycles. The van der Waals surface area contributed by atoms with Crippen LogP contribution in [0.15, 0.2) is 53.4 Å². The molecule has 2 aromatic carbocycles. The van der Waals surface area contributed by atoms with E-state index < -0.39 is 22.4 Å². The van der Waals surface area contributed by atoms with Gasteiger partial charge in [0.1, 0.15) is 5.75 Å². The van der Waals surface area contributed by atoms with Crippen molar-refractivity contribution >= 4 is 21.7 Å². The largest absolute Gasteiger partial charge is 0.494 e. The van der Waals surface area contributed by atoms with Crippen molar-refractivity contribution in [1.82, 2.24) is 4.90 Å². The first-order chi connectivity index (χ1) is 13.2. The Morgan fingerprint density at radius 2 is 1.75 bits per heavy atom. The van der Waals surface area contributed by atoms with Crippen LogP contribution in [0.5, 0.6) is 5.75 Å². The van der Waals surface area contributed by atoms with E-state index in [0.29, 0.717) is 13.2 Å². The Bertz CT molecular complexity index is 937. The molecule has 0 radical (unpaired) electrons. The number of carbonyl (C=O) groups excluding carboxylic acids is 2. The first kappa shape index (κ1) is 21.4. The van der Waals surface area contributed by atoms with Gasteiger partial charge in [-0.2, -0.15) is 0 Å². The number of hydrogen-bond acceptors (Lipinski definition) is 6. The van der Waals surface area contributed by atoms with Gasteiger partial charge in [0.2, 0.25) is 0 Å². The standard InChI is InChI=1S/C20H23NO6S/c1-4-26-17-10-8-15(9-11-17)13-21(2)19(22)14-27-20(23)16-6-5-7-18(12-16)28(3,24)25/h5-12H,4,13-14H2,1-3H3. The average molecular weight is 405 g/mol. The SMILES string of the molecule is CCOc1ccc(CN(C)C(=O)COC(=O)c2cccc(S(C)(=O)=O)c2)cc1. The maximum Gasteiger partial charge on any atom is 0.338 e. The summed E-state index contributed by atoms with van der Waals surface area (Å²) in [6.07, 6.45) is 1.05. The van der Waals surface area contributed by atoms with Gasteiger partial charge in [0.15, 0.2) is 16.4 Å². The van der Waals surface area contributed by atoms with Crippen LogP contribution in [0.3, 0.4) is 0 Å². The zero-order chi connectivity index (χ0) is 20.7. The third-order valence-corrected chi connectivity index (χ3v) is 5.01. The predicted molar refractivity (Wildman–Crippen MR) is 104 cm³/mol. The van der Waals surface area contributed by atoms with Crippen molar-refractivity contribution in [2.24, 2.45) is 0 Å². The molecule has 0 fully saturated rings. The van der Waals surface area contributed by atoms with Gasteiger partial charge in [-0.15, -0.1) is 0 Å². The van der Waals surface area contributed by atoms with E-state index in [9.17, 15) is 18.0 Å². The fourth-order valence-electron chi connectivity index (χ4n) is 2.39. The summed E-state index contributed by atoms with van der Waals surface area (Å²) >= 11 is 0. The molecular weight excluding hydrogens is 382 g/mol. The molecule has 2 rings (SSSR count). The van der Waals surface area contributed by atoms with Crippen molar-refractivity contribution in [2.75, 3.05) is 26.5 Å². The molecule has 2 aromatic rings. The van der Waals surface area contributed by atoms with Gasteiger partial charge in [-0.25, -0.2) is 13.2 Å². The summed E-state index contributed by atoms with van der Waals surface area (Å²) in [6, 6.07) is 12.9. The summed E-state index contributed by atoms with van der Waals surface area (Å²) in [5.74, 6) is -0.375. The monoisotopic (exact) mass is 405 g/mol. The van der Waals surface area contributed by atoms with E-state index in [4.69, 9.17) is 9.47 Å². The summed E-state index contributed by atoms with van der Waals surface area (Å²) in [5.41, 5.74) is 0.983. The van der Waals surface area contributed by atoms with E-state index >= 15 is 0 Å². The highest BCUT2D eigenvalue weighted by Crippen LogP contribution is 2.14. The van der Waals surface area contributed by atoms with Crippen molar-refractivity contribution in [1.29, 1.82) is 0 Å². The van der Waals surface area contributed by atoms with Crippen molar-refractivity contribution in [3.05, 3.63) is 59.7 Å². The van der Waals surface area contributed by atoms with E-state index in [-0.39, 0.29) is 16.4 Å². The van der Waals surface area contributed by atoms with Crippen molar-refractivity contribution in [3.63, 3.8) is 0 Å². The normalized spacial score (nSPS) is 11.0. The number of likely N-dealkylation sites (N-methyl/N-ethyl adjacent to an activating group) is 1. The van der Waals surface area contributed by atoms with Gasteiger partial charge in [-0.05, 0) is 42.8 Å². The van der Waals surface area contributed by atoms with Crippen LogP contribution < -0.4 is 4.74 Å². The molecular formula is C20H23NO6S. The van der Waals surface area contributed by atoms with Gasteiger partial charge >= 0.3 is 5.97 Å². The fraction of sp³-hybridized carbons (Fsp3) is 0.300. The molecule has 7 nitrogen and oxygen atoms in total. The molecule has 0 atom stereocenters. The zero-order valence-electron chi connectivity index (χ0n) is 16.0. The highest BCUT2D eigenvalue weighted by atomic mass is 32.2. The lowest BCUT2D eigenvalue weighted by Crippen LogP contribution is -2.30.